The third-order valence-corrected chi connectivity index (χ3v) is 17.7. The van der Waals surface area contributed by atoms with Crippen molar-refractivity contribution in [2.24, 2.45) is 5.73 Å². The molecule has 0 aliphatic carbocycles. The van der Waals surface area contributed by atoms with Gasteiger partial charge in [0.25, 0.3) is 0 Å². The van der Waals surface area contributed by atoms with Crippen LogP contribution in [0.4, 0.5) is 0 Å². The summed E-state index contributed by atoms with van der Waals surface area (Å²) in [6, 6.07) is 0. The molecule has 0 aromatic rings. The molecule has 2 unspecified atom stereocenters. The summed E-state index contributed by atoms with van der Waals surface area (Å²) in [5.74, 6) is -0.813. The van der Waals surface area contributed by atoms with E-state index < -0.39 is 26.5 Å². The number of ether oxygens (including phenoxy) is 2. The lowest BCUT2D eigenvalue weighted by Crippen LogP contribution is -2.29. The van der Waals surface area contributed by atoms with Gasteiger partial charge < -0.3 is 20.1 Å². The lowest BCUT2D eigenvalue weighted by atomic mass is 10.0. The van der Waals surface area contributed by atoms with E-state index in [0.29, 0.717) is 6.42 Å². The first kappa shape index (κ1) is 86.2. The van der Waals surface area contributed by atoms with E-state index in [1.54, 1.807) is 0 Å². The third kappa shape index (κ3) is 74.1. The standard InChI is InChI=1S/C79H144NO8P/c1-3-5-7-9-11-13-15-17-19-21-23-25-27-29-31-32-33-34-35-36-37-38-39-40-41-42-43-44-46-48-50-52-54-56-58-60-62-64-66-68-70-72-79(82)88-77(76-87-89(83,84)86-74-73-80)75-85-78(81)71-69-67-65-63-61-59-57-55-53-51-49-47-45-30-28-26-24-22-20-18-16-14-12-10-8-6-4-2/h5,7,11,13,16-19,22-25,28,30,77H,3-4,6,8-10,12,14-15,20-21,26-27,29,31-76,80H2,1-2H3,(H,83,84)/b7-5-,13-11-,18-16-,19-17-,24-22-,25-23-,30-28-. The number of esters is 2. The van der Waals surface area contributed by atoms with Crippen LogP contribution in [0.25, 0.3) is 0 Å². The Balaban J connectivity index is 3.77. The molecule has 2 atom stereocenters. The predicted molar refractivity (Wildman–Crippen MR) is 386 cm³/mol. The Morgan fingerprint density at radius 1 is 0.348 bits per heavy atom. The number of carbonyl (C=O) groups is 2. The molecule has 0 aliphatic heterocycles. The number of hydrogen-bond donors (Lipinski definition) is 2. The third-order valence-electron chi connectivity index (χ3n) is 16.8. The van der Waals surface area contributed by atoms with E-state index in [1.807, 2.05) is 0 Å². The highest BCUT2D eigenvalue weighted by atomic mass is 31.2. The lowest BCUT2D eigenvalue weighted by molar-refractivity contribution is -0.161. The molecule has 0 heterocycles. The predicted octanol–water partition coefficient (Wildman–Crippen LogP) is 25.3. The zero-order valence-corrected chi connectivity index (χ0v) is 59.3. The molecule has 0 aliphatic rings. The van der Waals surface area contributed by atoms with Crippen molar-refractivity contribution in [1.82, 2.24) is 0 Å². The van der Waals surface area contributed by atoms with Crippen LogP contribution in [0.5, 0.6) is 0 Å². The summed E-state index contributed by atoms with van der Waals surface area (Å²) >= 11 is 0. The van der Waals surface area contributed by atoms with Crippen LogP contribution in [0.2, 0.25) is 0 Å². The molecule has 0 rings (SSSR count). The van der Waals surface area contributed by atoms with Crippen LogP contribution in [0.3, 0.4) is 0 Å². The first-order valence-electron chi connectivity index (χ1n) is 38.1. The van der Waals surface area contributed by atoms with Crippen LogP contribution < -0.4 is 5.73 Å². The number of unbranched alkanes of at least 4 members (excludes halogenated alkanes) is 45. The van der Waals surface area contributed by atoms with Crippen LogP contribution in [0, 0.1) is 0 Å². The van der Waals surface area contributed by atoms with Crippen molar-refractivity contribution >= 4 is 19.8 Å². The van der Waals surface area contributed by atoms with Crippen molar-refractivity contribution in [3.8, 4) is 0 Å². The average molecular weight is 1270 g/mol. The molecule has 0 radical (unpaired) electrons. The molecule has 0 aromatic heterocycles. The minimum atomic E-state index is -4.40. The van der Waals surface area contributed by atoms with E-state index in [4.69, 9.17) is 24.3 Å². The second-order valence-corrected chi connectivity index (χ2v) is 26.9. The topological polar surface area (TPSA) is 134 Å². The minimum absolute atomic E-state index is 0.0532. The Labute approximate surface area is 551 Å². The van der Waals surface area contributed by atoms with Gasteiger partial charge in [-0.25, -0.2) is 4.57 Å². The highest BCUT2D eigenvalue weighted by Crippen LogP contribution is 2.43. The largest absolute Gasteiger partial charge is 0.472 e. The van der Waals surface area contributed by atoms with Crippen LogP contribution in [-0.4, -0.2) is 49.3 Å². The molecule has 0 saturated heterocycles. The lowest BCUT2D eigenvalue weighted by Gasteiger charge is -2.19. The normalized spacial score (nSPS) is 13.3. The number of carbonyl (C=O) groups excluding carboxylic acids is 2. The maximum atomic E-state index is 12.8. The molecule has 0 fully saturated rings. The summed E-state index contributed by atoms with van der Waals surface area (Å²) in [4.78, 5) is 35.4. The van der Waals surface area contributed by atoms with Crippen molar-refractivity contribution in [1.29, 1.82) is 0 Å². The highest BCUT2D eigenvalue weighted by molar-refractivity contribution is 7.47. The van der Waals surface area contributed by atoms with Crippen LogP contribution in [0.15, 0.2) is 85.1 Å². The van der Waals surface area contributed by atoms with E-state index >= 15 is 0 Å². The van der Waals surface area contributed by atoms with Crippen molar-refractivity contribution in [2.75, 3.05) is 26.4 Å². The fourth-order valence-corrected chi connectivity index (χ4v) is 11.9. The second kappa shape index (κ2) is 74.2. The zero-order chi connectivity index (χ0) is 64.4. The molecule has 0 saturated carbocycles. The van der Waals surface area contributed by atoms with Gasteiger partial charge in [0.15, 0.2) is 6.10 Å². The first-order valence-corrected chi connectivity index (χ1v) is 39.6. The summed E-state index contributed by atoms with van der Waals surface area (Å²) in [7, 11) is -4.40. The average Bonchev–Trinajstić information content (AvgIpc) is 3.58. The van der Waals surface area contributed by atoms with Gasteiger partial charge >= 0.3 is 19.8 Å². The van der Waals surface area contributed by atoms with Gasteiger partial charge in [0.2, 0.25) is 0 Å². The summed E-state index contributed by atoms with van der Waals surface area (Å²) in [6.07, 6.45) is 100.0. The van der Waals surface area contributed by atoms with Gasteiger partial charge in [-0.2, -0.15) is 0 Å². The van der Waals surface area contributed by atoms with Crippen molar-refractivity contribution in [3.05, 3.63) is 85.1 Å². The smallest absolute Gasteiger partial charge is 0.462 e. The fraction of sp³-hybridized carbons (Fsp3) is 0.797. The van der Waals surface area contributed by atoms with Crippen LogP contribution in [0.1, 0.15) is 373 Å². The molecule has 0 bridgehead atoms. The molecular formula is C79H144NO8P. The summed E-state index contributed by atoms with van der Waals surface area (Å²) in [5, 5.41) is 0. The Morgan fingerprint density at radius 3 is 0.921 bits per heavy atom. The monoisotopic (exact) mass is 1270 g/mol. The molecule has 0 amide bonds. The van der Waals surface area contributed by atoms with Crippen molar-refractivity contribution in [3.63, 3.8) is 0 Å². The molecule has 89 heavy (non-hydrogen) atoms. The van der Waals surface area contributed by atoms with Gasteiger partial charge in [-0.3, -0.25) is 18.6 Å². The van der Waals surface area contributed by atoms with Crippen molar-refractivity contribution < 1.29 is 37.6 Å². The number of rotatable bonds is 72. The van der Waals surface area contributed by atoms with Gasteiger partial charge in [0.05, 0.1) is 13.2 Å². The van der Waals surface area contributed by atoms with E-state index in [-0.39, 0.29) is 38.6 Å². The number of phosphoric acid groups is 1. The number of hydrogen-bond acceptors (Lipinski definition) is 8. The van der Waals surface area contributed by atoms with Crippen LogP contribution >= 0.6 is 7.82 Å². The summed E-state index contributed by atoms with van der Waals surface area (Å²) in [5.41, 5.74) is 5.41. The van der Waals surface area contributed by atoms with Crippen molar-refractivity contribution in [2.45, 2.75) is 380 Å². The van der Waals surface area contributed by atoms with Crippen LogP contribution in [-0.2, 0) is 32.7 Å². The first-order chi connectivity index (χ1) is 43.8. The maximum Gasteiger partial charge on any atom is 0.472 e. The molecule has 9 nitrogen and oxygen atoms in total. The van der Waals surface area contributed by atoms with E-state index in [2.05, 4.69) is 98.9 Å². The molecular weight excluding hydrogens is 1120 g/mol. The second-order valence-electron chi connectivity index (χ2n) is 25.5. The van der Waals surface area contributed by atoms with Gasteiger partial charge in [-0.1, -0.05) is 356 Å². The van der Waals surface area contributed by atoms with Gasteiger partial charge in [0, 0.05) is 19.4 Å². The Morgan fingerprint density at radius 2 is 0.618 bits per heavy atom. The number of phosphoric ester groups is 1. The maximum absolute atomic E-state index is 12.8. The minimum Gasteiger partial charge on any atom is -0.462 e. The Kier molecular flexibility index (Phi) is 71.9. The molecule has 518 valence electrons. The zero-order valence-electron chi connectivity index (χ0n) is 58.4. The molecule has 0 spiro atoms. The van der Waals surface area contributed by atoms with E-state index in [1.165, 1.54) is 270 Å². The molecule has 3 N–H and O–H groups in total. The van der Waals surface area contributed by atoms with E-state index in [9.17, 15) is 19.0 Å². The summed E-state index contributed by atoms with van der Waals surface area (Å²) in [6.45, 7) is 3.67. The summed E-state index contributed by atoms with van der Waals surface area (Å²) < 4.78 is 33.2. The van der Waals surface area contributed by atoms with Gasteiger partial charge in [-0.15, -0.1) is 0 Å². The number of nitrogens with two attached hydrogens (primary N) is 1. The Hall–Kier alpha value is -2.81. The molecule has 0 aromatic carbocycles. The number of allylic oxidation sites excluding steroid dienone is 14. The fourth-order valence-electron chi connectivity index (χ4n) is 11.2. The van der Waals surface area contributed by atoms with E-state index in [0.717, 1.165) is 70.6 Å². The highest BCUT2D eigenvalue weighted by Gasteiger charge is 2.26. The quantitative estimate of drug-likeness (QED) is 0.0264. The Bertz CT molecular complexity index is 1740. The van der Waals surface area contributed by atoms with Gasteiger partial charge in [-0.05, 0) is 89.9 Å². The SMILES string of the molecule is CC/C=C\C/C=C\C/C=C\C/C=C\CCCCCCCCCCCCCCCCCCCCCCCCCCCCCCC(=O)OC(COC(=O)CCCCCCCCCCCCCC/C=C\C/C=C\C/C=C\CCCCCCC)COP(=O)(O)OCCN. The van der Waals surface area contributed by atoms with Gasteiger partial charge in [0.1, 0.15) is 6.61 Å². The molecule has 10 heteroatoms.